The van der Waals surface area contributed by atoms with Gasteiger partial charge in [-0.05, 0) is 0 Å². The average Bonchev–Trinajstić information content (AvgIpc) is 3.06. The van der Waals surface area contributed by atoms with Gasteiger partial charge >= 0.3 is 212 Å². The summed E-state index contributed by atoms with van der Waals surface area (Å²) in [6, 6.07) is 15.0. The van der Waals surface area contributed by atoms with Crippen LogP contribution in [0.3, 0.4) is 0 Å². The van der Waals surface area contributed by atoms with E-state index < -0.39 is 33.2 Å². The van der Waals surface area contributed by atoms with Crippen molar-refractivity contribution in [3.63, 3.8) is 0 Å². The number of rotatable bonds is 8. The van der Waals surface area contributed by atoms with Gasteiger partial charge in [-0.1, -0.05) is 0 Å². The summed E-state index contributed by atoms with van der Waals surface area (Å²) in [5, 5.41) is 23.9. The SMILES string of the molecule is CC(=O)[O][Pb][S]/C(SN=Nc1ccc(S(N)(=O)=O)cc1)=C1/C(=N)N(c2ccccc2)N=C1C. The molecule has 14 heteroatoms. The number of hydrogen-bond donors (Lipinski definition) is 2. The third-order valence-electron chi connectivity index (χ3n) is 4.03. The van der Waals surface area contributed by atoms with E-state index in [0.29, 0.717) is 21.2 Å². The van der Waals surface area contributed by atoms with Crippen LogP contribution in [0.1, 0.15) is 13.8 Å². The first-order valence-corrected chi connectivity index (χ1v) is 18.7. The first-order valence-electron chi connectivity index (χ1n) is 9.21. The van der Waals surface area contributed by atoms with Gasteiger partial charge in [0, 0.05) is 0 Å². The molecule has 170 valence electrons. The molecule has 0 bridgehead atoms. The van der Waals surface area contributed by atoms with Crippen molar-refractivity contribution in [3.8, 4) is 0 Å². The monoisotopic (exact) mass is 698 g/mol. The van der Waals surface area contributed by atoms with E-state index in [1.807, 2.05) is 30.3 Å². The predicted molar refractivity (Wildman–Crippen MR) is 132 cm³/mol. The van der Waals surface area contributed by atoms with E-state index >= 15 is 0 Å². The molecule has 0 atom stereocenters. The molecule has 0 unspecified atom stereocenters. The Morgan fingerprint density at radius 2 is 1.85 bits per heavy atom. The fourth-order valence-corrected chi connectivity index (χ4v) is 10.6. The number of hydrazone groups is 1. The Morgan fingerprint density at radius 3 is 2.45 bits per heavy atom. The molecule has 3 N–H and O–H groups in total. The van der Waals surface area contributed by atoms with E-state index in [0.717, 1.165) is 17.6 Å². The molecule has 0 amide bonds. The fourth-order valence-electron chi connectivity index (χ4n) is 2.57. The molecular formula is C19H18N6O4PbS3. The van der Waals surface area contributed by atoms with Crippen LogP contribution in [0.4, 0.5) is 11.4 Å². The normalized spacial score (nSPS) is 15.7. The Morgan fingerprint density at radius 1 is 1.18 bits per heavy atom. The Kier molecular flexibility index (Phi) is 8.80. The molecule has 2 radical (unpaired) electrons. The van der Waals surface area contributed by atoms with Crippen LogP contribution in [-0.4, -0.2) is 49.1 Å². The second-order valence-corrected chi connectivity index (χ2v) is 14.9. The van der Waals surface area contributed by atoms with Crippen molar-refractivity contribution < 1.29 is 15.9 Å². The van der Waals surface area contributed by atoms with Gasteiger partial charge in [-0.15, -0.1) is 0 Å². The number of carbonyl (C=O) groups excluding carboxylic acids is 1. The topological polar surface area (TPSA) is 151 Å². The zero-order chi connectivity index (χ0) is 24.0. The molecule has 0 fully saturated rings. The maximum atomic E-state index is 11.4. The van der Waals surface area contributed by atoms with Crippen LogP contribution in [0, 0.1) is 5.41 Å². The molecule has 0 saturated heterocycles. The van der Waals surface area contributed by atoms with Crippen molar-refractivity contribution in [2.45, 2.75) is 18.7 Å². The van der Waals surface area contributed by atoms with Gasteiger partial charge < -0.3 is 0 Å². The summed E-state index contributed by atoms with van der Waals surface area (Å²) in [5.74, 6) is -0.151. The molecule has 0 spiro atoms. The van der Waals surface area contributed by atoms with Crippen LogP contribution in [0.2, 0.25) is 0 Å². The van der Waals surface area contributed by atoms with E-state index in [1.54, 1.807) is 6.92 Å². The molecule has 1 aliphatic heterocycles. The van der Waals surface area contributed by atoms with E-state index in [4.69, 9.17) is 13.2 Å². The Bertz CT molecular complexity index is 1250. The van der Waals surface area contributed by atoms with E-state index in [-0.39, 0.29) is 16.7 Å². The van der Waals surface area contributed by atoms with Crippen LogP contribution >= 0.6 is 20.3 Å². The van der Waals surface area contributed by atoms with E-state index in [1.165, 1.54) is 44.5 Å². The van der Waals surface area contributed by atoms with Crippen LogP contribution in [-0.2, 0) is 17.5 Å². The van der Waals surface area contributed by atoms with E-state index in [9.17, 15) is 13.2 Å². The number of anilines is 1. The minimum absolute atomic E-state index is 0.0190. The van der Waals surface area contributed by atoms with Crippen molar-refractivity contribution >= 4 is 82.4 Å². The van der Waals surface area contributed by atoms with Gasteiger partial charge in [0.1, 0.15) is 0 Å². The summed E-state index contributed by atoms with van der Waals surface area (Å²) in [7, 11) is -2.40. The van der Waals surface area contributed by atoms with Crippen molar-refractivity contribution in [3.05, 3.63) is 64.4 Å². The second kappa shape index (κ2) is 11.4. The molecule has 1 heterocycles. The number of nitrogens with one attached hydrogen (secondary N) is 1. The van der Waals surface area contributed by atoms with Crippen LogP contribution in [0.25, 0.3) is 0 Å². The zero-order valence-electron chi connectivity index (χ0n) is 17.4. The van der Waals surface area contributed by atoms with Crippen LogP contribution in [0.5, 0.6) is 0 Å². The number of hydrogen-bond acceptors (Lipinski definition) is 10. The van der Waals surface area contributed by atoms with Gasteiger partial charge in [0.2, 0.25) is 0 Å². The van der Waals surface area contributed by atoms with Gasteiger partial charge in [-0.25, -0.2) is 0 Å². The first-order chi connectivity index (χ1) is 15.7. The van der Waals surface area contributed by atoms with Gasteiger partial charge in [-0.3, -0.25) is 0 Å². The summed E-state index contributed by atoms with van der Waals surface area (Å²) >= 11 is -0.812. The molecule has 0 aliphatic carbocycles. The molecule has 2 aromatic rings. The molecule has 2 aromatic carbocycles. The summed E-state index contributed by atoms with van der Waals surface area (Å²) in [4.78, 5) is 11.2. The van der Waals surface area contributed by atoms with Crippen molar-refractivity contribution in [2.24, 2.45) is 19.9 Å². The Balaban J connectivity index is 1.84. The van der Waals surface area contributed by atoms with Crippen LogP contribution < -0.4 is 10.1 Å². The minimum atomic E-state index is -3.79. The van der Waals surface area contributed by atoms with Crippen LogP contribution in [0.15, 0.2) is 84.0 Å². The molecule has 10 nitrogen and oxygen atoms in total. The Labute approximate surface area is 210 Å². The molecule has 1 aliphatic rings. The van der Waals surface area contributed by atoms with Gasteiger partial charge in [0.15, 0.2) is 0 Å². The van der Waals surface area contributed by atoms with E-state index in [2.05, 4.69) is 14.7 Å². The van der Waals surface area contributed by atoms with Gasteiger partial charge in [-0.2, -0.15) is 0 Å². The number of amidine groups is 1. The number of para-hydroxylation sites is 1. The van der Waals surface area contributed by atoms with Gasteiger partial charge in [0.05, 0.1) is 0 Å². The molecule has 0 aromatic heterocycles. The summed E-state index contributed by atoms with van der Waals surface area (Å²) < 4.78 is 32.8. The molecular weight excluding hydrogens is 680 g/mol. The number of carbonyl (C=O) groups is 1. The summed E-state index contributed by atoms with van der Waals surface area (Å²) in [5.41, 5.74) is 2.42. The fraction of sp³-hybridized carbons (Fsp3) is 0.105. The number of nitrogens with two attached hydrogens (primary N) is 1. The van der Waals surface area contributed by atoms with Crippen molar-refractivity contribution in [1.29, 1.82) is 5.41 Å². The third kappa shape index (κ3) is 6.95. The Hall–Kier alpha value is -2.08. The average molecular weight is 698 g/mol. The number of primary sulfonamides is 1. The van der Waals surface area contributed by atoms with Crippen molar-refractivity contribution in [1.82, 2.24) is 0 Å². The molecule has 3 rings (SSSR count). The number of sulfonamides is 1. The zero-order valence-corrected chi connectivity index (χ0v) is 23.8. The third-order valence-corrected chi connectivity index (χ3v) is 13.7. The number of nitrogens with zero attached hydrogens (tertiary/aromatic N) is 4. The standard InChI is InChI=1S/C17H16N6O2S3.C2H4O2.Pb/c1-11-15(16(18)23(21-11)13-5-3-2-4-6-13)17(26)27-22-20-12-7-9-14(10-8-12)28(19,24)25;1-2(3)4;/h2-10,18,26H,1H3,(H2,19,24,25);1H3,(H,3,4);/q;;+2/p-2/b17-15-,18-16?,22-20?;;. The maximum absolute atomic E-state index is 11.4. The summed E-state index contributed by atoms with van der Waals surface area (Å²) in [6.45, 7) is 3.16. The molecule has 33 heavy (non-hydrogen) atoms. The van der Waals surface area contributed by atoms with Gasteiger partial charge in [0.25, 0.3) is 0 Å². The first kappa shape index (κ1) is 25.5. The number of benzene rings is 2. The summed E-state index contributed by atoms with van der Waals surface area (Å²) in [6.07, 6.45) is 0. The second-order valence-electron chi connectivity index (χ2n) is 6.43. The predicted octanol–water partition coefficient (Wildman–Crippen LogP) is 3.98. The quantitative estimate of drug-likeness (QED) is 0.241. The van der Waals surface area contributed by atoms with Crippen molar-refractivity contribution in [2.75, 3.05) is 5.01 Å². The molecule has 0 saturated carbocycles.